The molecule has 1 fully saturated rings. The Kier molecular flexibility index (Phi) is 7.08. The lowest BCUT2D eigenvalue weighted by Crippen LogP contribution is -2.40. The number of benzene rings is 1. The lowest BCUT2D eigenvalue weighted by atomic mass is 10.1. The molecule has 7 heteroatoms. The van der Waals surface area contributed by atoms with E-state index in [0.717, 1.165) is 31.4 Å². The average Bonchev–Trinajstić information content (AvgIpc) is 2.67. The van der Waals surface area contributed by atoms with Crippen molar-refractivity contribution < 1.29 is 28.7 Å². The van der Waals surface area contributed by atoms with Crippen LogP contribution in [0, 0.1) is 0 Å². The highest BCUT2D eigenvalue weighted by atomic mass is 16.5. The molecule has 1 aromatic carbocycles. The molecule has 2 rings (SSSR count). The Morgan fingerprint density at radius 2 is 1.58 bits per heavy atom. The second-order valence-electron chi connectivity index (χ2n) is 5.87. The number of Topliss-reactive ketones (excluding diaryl/α,β-unsaturated/α-hetero) is 1. The summed E-state index contributed by atoms with van der Waals surface area (Å²) in [5, 5.41) is 0. The fourth-order valence-electron chi connectivity index (χ4n) is 2.56. The van der Waals surface area contributed by atoms with E-state index in [1.165, 1.54) is 19.2 Å². The first-order valence-corrected chi connectivity index (χ1v) is 8.38. The minimum absolute atomic E-state index is 0.00576. The summed E-state index contributed by atoms with van der Waals surface area (Å²) in [6.07, 6.45) is 4.88. The largest absolute Gasteiger partial charge is 0.466 e. The molecule has 1 amide bonds. The minimum atomic E-state index is -0.723. The molecule has 1 heterocycles. The van der Waals surface area contributed by atoms with Crippen LogP contribution in [0.1, 0.15) is 24.8 Å². The zero-order valence-corrected chi connectivity index (χ0v) is 14.6. The lowest BCUT2D eigenvalue weighted by molar-refractivity contribution is -0.144. The third-order valence-corrected chi connectivity index (χ3v) is 3.94. The van der Waals surface area contributed by atoms with Crippen molar-refractivity contribution in [1.82, 2.24) is 4.90 Å². The second-order valence-corrected chi connectivity index (χ2v) is 5.87. The highest BCUT2D eigenvalue weighted by Crippen LogP contribution is 2.14. The van der Waals surface area contributed by atoms with Gasteiger partial charge in [0.25, 0.3) is 5.91 Å². The zero-order valence-electron chi connectivity index (χ0n) is 14.6. The van der Waals surface area contributed by atoms with Gasteiger partial charge < -0.3 is 14.4 Å². The van der Waals surface area contributed by atoms with Crippen molar-refractivity contribution in [2.24, 2.45) is 0 Å². The van der Waals surface area contributed by atoms with Crippen LogP contribution >= 0.6 is 0 Å². The van der Waals surface area contributed by atoms with Gasteiger partial charge in [0, 0.05) is 31.7 Å². The summed E-state index contributed by atoms with van der Waals surface area (Å²) in [5.74, 6) is -2.00. The van der Waals surface area contributed by atoms with Gasteiger partial charge in [-0.25, -0.2) is 9.59 Å². The molecule has 0 spiro atoms. The molecule has 0 aromatic heterocycles. The quantitative estimate of drug-likeness (QED) is 0.330. The number of carbonyl (C=O) groups excluding carboxylic acids is 4. The number of piperidine rings is 1. The molecule has 0 saturated carbocycles. The number of nitrogens with zero attached hydrogens (tertiary/aromatic N) is 1. The molecule has 0 unspecified atom stereocenters. The molecule has 0 bridgehead atoms. The smallest absolute Gasteiger partial charge is 0.336 e. The van der Waals surface area contributed by atoms with Crippen LogP contribution in [0.25, 0.3) is 0 Å². The molecular formula is C19H21NO6. The van der Waals surface area contributed by atoms with Crippen LogP contribution in [0.2, 0.25) is 0 Å². The molecule has 0 radical (unpaired) electrons. The summed E-state index contributed by atoms with van der Waals surface area (Å²) in [4.78, 5) is 48.3. The third kappa shape index (κ3) is 5.84. The fraction of sp³-hybridized carbons (Fsp3) is 0.368. The predicted molar refractivity (Wildman–Crippen MR) is 92.4 cm³/mol. The zero-order chi connectivity index (χ0) is 18.9. The number of hydrogen-bond acceptors (Lipinski definition) is 6. The third-order valence-electron chi connectivity index (χ3n) is 3.94. The molecule has 0 N–H and O–H groups in total. The van der Waals surface area contributed by atoms with Crippen LogP contribution in [-0.2, 0) is 30.3 Å². The van der Waals surface area contributed by atoms with Gasteiger partial charge in [0.1, 0.15) is 5.75 Å². The maximum Gasteiger partial charge on any atom is 0.336 e. The normalized spacial score (nSPS) is 14.1. The number of hydrogen-bond donors (Lipinski definition) is 0. The predicted octanol–water partition coefficient (Wildman–Crippen LogP) is 1.45. The summed E-state index contributed by atoms with van der Waals surface area (Å²) in [7, 11) is 1.20. The number of ether oxygens (including phenoxy) is 2. The van der Waals surface area contributed by atoms with Gasteiger partial charge in [-0.1, -0.05) is 12.1 Å². The fourth-order valence-corrected chi connectivity index (χ4v) is 2.56. The molecular weight excluding hydrogens is 338 g/mol. The Labute approximate surface area is 151 Å². The molecule has 1 aromatic rings. The number of methoxy groups -OCH3 is 1. The van der Waals surface area contributed by atoms with Crippen molar-refractivity contribution in [2.45, 2.75) is 25.7 Å². The first-order chi connectivity index (χ1) is 12.5. The molecule has 7 nitrogen and oxygen atoms in total. The van der Waals surface area contributed by atoms with E-state index in [-0.39, 0.29) is 12.2 Å². The average molecular weight is 359 g/mol. The number of carbonyl (C=O) groups is 4. The Balaban J connectivity index is 1.87. The molecule has 138 valence electrons. The van der Waals surface area contributed by atoms with Crippen LogP contribution in [0.5, 0.6) is 5.75 Å². The van der Waals surface area contributed by atoms with E-state index < -0.39 is 23.6 Å². The van der Waals surface area contributed by atoms with Crippen molar-refractivity contribution >= 4 is 23.6 Å². The standard InChI is InChI=1S/C19H21NO6/c1-25-17(22)9-10-18(23)26-15-7-5-14(6-8-15)13-16(21)19(24)20-11-3-2-4-12-20/h5-10H,2-4,11-13H2,1H3/b10-9+. The molecule has 26 heavy (non-hydrogen) atoms. The van der Waals surface area contributed by atoms with E-state index in [9.17, 15) is 19.2 Å². The lowest BCUT2D eigenvalue weighted by Gasteiger charge is -2.25. The van der Waals surface area contributed by atoms with Gasteiger partial charge in [-0.2, -0.15) is 0 Å². The molecule has 1 aliphatic rings. The molecule has 1 saturated heterocycles. The van der Waals surface area contributed by atoms with Gasteiger partial charge in [0.05, 0.1) is 7.11 Å². The Morgan fingerprint density at radius 3 is 2.19 bits per heavy atom. The first-order valence-electron chi connectivity index (χ1n) is 8.38. The van der Waals surface area contributed by atoms with E-state index in [2.05, 4.69) is 4.74 Å². The molecule has 0 atom stereocenters. The summed E-state index contributed by atoms with van der Waals surface area (Å²) in [6, 6.07) is 6.29. The van der Waals surface area contributed by atoms with E-state index in [1.807, 2.05) is 0 Å². The van der Waals surface area contributed by atoms with Crippen molar-refractivity contribution in [3.05, 3.63) is 42.0 Å². The highest BCUT2D eigenvalue weighted by Gasteiger charge is 2.23. The van der Waals surface area contributed by atoms with Gasteiger partial charge in [0.2, 0.25) is 5.78 Å². The van der Waals surface area contributed by atoms with Crippen molar-refractivity contribution in [3.63, 3.8) is 0 Å². The van der Waals surface area contributed by atoms with E-state index in [0.29, 0.717) is 18.7 Å². The van der Waals surface area contributed by atoms with Crippen molar-refractivity contribution in [2.75, 3.05) is 20.2 Å². The summed E-state index contributed by atoms with van der Waals surface area (Å²) in [6.45, 7) is 1.27. The van der Waals surface area contributed by atoms with Crippen molar-refractivity contribution in [1.29, 1.82) is 0 Å². The van der Waals surface area contributed by atoms with E-state index in [1.54, 1.807) is 17.0 Å². The summed E-state index contributed by atoms with van der Waals surface area (Å²) in [5.41, 5.74) is 0.658. The SMILES string of the molecule is COC(=O)/C=C/C(=O)Oc1ccc(CC(=O)C(=O)N2CCCCC2)cc1. The topological polar surface area (TPSA) is 90.0 Å². The Bertz CT molecular complexity index is 701. The van der Waals surface area contributed by atoms with Crippen LogP contribution in [0.4, 0.5) is 0 Å². The van der Waals surface area contributed by atoms with Gasteiger partial charge in [-0.05, 0) is 37.0 Å². The van der Waals surface area contributed by atoms with Crippen LogP contribution in [0.15, 0.2) is 36.4 Å². The minimum Gasteiger partial charge on any atom is -0.466 e. The molecule has 1 aliphatic heterocycles. The number of rotatable bonds is 6. The Morgan fingerprint density at radius 1 is 0.962 bits per heavy atom. The maximum atomic E-state index is 12.1. The maximum absolute atomic E-state index is 12.1. The second kappa shape index (κ2) is 9.50. The van der Waals surface area contributed by atoms with Crippen molar-refractivity contribution in [3.8, 4) is 5.75 Å². The van der Waals surface area contributed by atoms with E-state index >= 15 is 0 Å². The number of ketones is 1. The van der Waals surface area contributed by atoms with Gasteiger partial charge in [0.15, 0.2) is 0 Å². The highest BCUT2D eigenvalue weighted by molar-refractivity contribution is 6.36. The van der Waals surface area contributed by atoms with Gasteiger partial charge >= 0.3 is 11.9 Å². The number of amides is 1. The molecule has 0 aliphatic carbocycles. The first kappa shape index (κ1) is 19.4. The summed E-state index contributed by atoms with van der Waals surface area (Å²) >= 11 is 0. The van der Waals surface area contributed by atoms with Crippen LogP contribution in [0.3, 0.4) is 0 Å². The van der Waals surface area contributed by atoms with Crippen LogP contribution < -0.4 is 4.74 Å². The van der Waals surface area contributed by atoms with Gasteiger partial charge in [-0.3, -0.25) is 9.59 Å². The van der Waals surface area contributed by atoms with Gasteiger partial charge in [-0.15, -0.1) is 0 Å². The monoisotopic (exact) mass is 359 g/mol. The van der Waals surface area contributed by atoms with Crippen LogP contribution in [-0.4, -0.2) is 48.7 Å². The Hall–Kier alpha value is -2.96. The van der Waals surface area contributed by atoms with E-state index in [4.69, 9.17) is 4.74 Å². The number of likely N-dealkylation sites (tertiary alicyclic amines) is 1. The number of esters is 2. The summed E-state index contributed by atoms with van der Waals surface area (Å²) < 4.78 is 9.39.